The second-order valence-corrected chi connectivity index (χ2v) is 3.21. The van der Waals surface area contributed by atoms with E-state index in [4.69, 9.17) is 10.2 Å². The van der Waals surface area contributed by atoms with Crippen molar-refractivity contribution in [2.75, 3.05) is 0 Å². The number of carboxylic acids is 2. The maximum Gasteiger partial charge on any atom is 0.336 e. The van der Waals surface area contributed by atoms with Crippen LogP contribution in [0, 0.1) is 0 Å². The van der Waals surface area contributed by atoms with Gasteiger partial charge in [0.15, 0.2) is 0 Å². The van der Waals surface area contributed by atoms with Gasteiger partial charge < -0.3 is 10.2 Å². The molecule has 0 radical (unpaired) electrons. The molecule has 1 aromatic carbocycles. The molecule has 0 aliphatic heterocycles. The third-order valence-electron chi connectivity index (χ3n) is 1.65. The van der Waals surface area contributed by atoms with Crippen LogP contribution in [0.25, 0.3) is 0 Å². The summed E-state index contributed by atoms with van der Waals surface area (Å²) < 4.78 is 0. The fourth-order valence-corrected chi connectivity index (χ4v) is 1.27. The monoisotopic (exact) mass is 212 g/mol. The number of thiol groups is 1. The highest BCUT2D eigenvalue weighted by Crippen LogP contribution is 2.16. The zero-order valence-electron chi connectivity index (χ0n) is 7.10. The maximum absolute atomic E-state index is 10.7. The van der Waals surface area contributed by atoms with Crippen molar-refractivity contribution in [2.24, 2.45) is 0 Å². The molecule has 0 spiro atoms. The fraction of sp³-hybridized carbons (Fsp3) is 0.111. The van der Waals surface area contributed by atoms with Crippen LogP contribution in [-0.4, -0.2) is 22.2 Å². The minimum atomic E-state index is -1.11. The topological polar surface area (TPSA) is 74.6 Å². The highest BCUT2D eigenvalue weighted by Gasteiger charge is 2.09. The van der Waals surface area contributed by atoms with Crippen LogP contribution in [0.3, 0.4) is 0 Å². The van der Waals surface area contributed by atoms with Crippen LogP contribution in [0.2, 0.25) is 0 Å². The molecule has 4 nitrogen and oxygen atoms in total. The Morgan fingerprint density at radius 3 is 2.43 bits per heavy atom. The first-order valence-corrected chi connectivity index (χ1v) is 4.22. The lowest BCUT2D eigenvalue weighted by Gasteiger charge is -2.02. The quantitative estimate of drug-likeness (QED) is 0.660. The van der Waals surface area contributed by atoms with Crippen LogP contribution in [0.15, 0.2) is 23.1 Å². The number of benzene rings is 1. The van der Waals surface area contributed by atoms with Gasteiger partial charge in [0.2, 0.25) is 0 Å². The molecule has 1 aromatic rings. The van der Waals surface area contributed by atoms with Crippen LogP contribution >= 0.6 is 12.6 Å². The molecule has 2 N–H and O–H groups in total. The average molecular weight is 212 g/mol. The summed E-state index contributed by atoms with van der Waals surface area (Å²) in [4.78, 5) is 21.4. The van der Waals surface area contributed by atoms with Crippen molar-refractivity contribution in [3.63, 3.8) is 0 Å². The van der Waals surface area contributed by atoms with E-state index < -0.39 is 11.9 Å². The summed E-state index contributed by atoms with van der Waals surface area (Å²) in [6, 6.07) is 4.34. The summed E-state index contributed by atoms with van der Waals surface area (Å²) in [5, 5.41) is 17.2. The average Bonchev–Trinajstić information content (AvgIpc) is 2.07. The molecule has 0 aromatic heterocycles. The van der Waals surface area contributed by atoms with Crippen LogP contribution in [0.1, 0.15) is 15.9 Å². The molecule has 0 amide bonds. The molecule has 1 rings (SSSR count). The number of rotatable bonds is 3. The van der Waals surface area contributed by atoms with E-state index in [9.17, 15) is 9.59 Å². The Kier molecular flexibility index (Phi) is 3.14. The molecule has 0 heterocycles. The Labute approximate surface area is 85.6 Å². The van der Waals surface area contributed by atoms with Gasteiger partial charge in [-0.25, -0.2) is 4.79 Å². The predicted molar refractivity (Wildman–Crippen MR) is 52.0 cm³/mol. The van der Waals surface area contributed by atoms with Crippen molar-refractivity contribution in [2.45, 2.75) is 11.3 Å². The van der Waals surface area contributed by atoms with E-state index >= 15 is 0 Å². The van der Waals surface area contributed by atoms with Crippen molar-refractivity contribution in [3.8, 4) is 0 Å². The van der Waals surface area contributed by atoms with Crippen molar-refractivity contribution in [3.05, 3.63) is 29.3 Å². The summed E-state index contributed by atoms with van der Waals surface area (Å²) in [6.07, 6.45) is -0.186. The van der Waals surface area contributed by atoms with Crippen molar-refractivity contribution >= 4 is 24.6 Å². The predicted octanol–water partition coefficient (Wildman–Crippen LogP) is 1.30. The van der Waals surface area contributed by atoms with E-state index in [-0.39, 0.29) is 12.0 Å². The van der Waals surface area contributed by atoms with Gasteiger partial charge in [-0.3, -0.25) is 4.79 Å². The maximum atomic E-state index is 10.7. The Bertz CT molecular complexity index is 386. The zero-order chi connectivity index (χ0) is 10.7. The third-order valence-corrected chi connectivity index (χ3v) is 2.04. The van der Waals surface area contributed by atoms with Gasteiger partial charge in [0, 0.05) is 4.90 Å². The minimum absolute atomic E-state index is 0.0204. The summed E-state index contributed by atoms with van der Waals surface area (Å²) >= 11 is 3.95. The van der Waals surface area contributed by atoms with Crippen molar-refractivity contribution in [1.29, 1.82) is 0 Å². The molecule has 0 aliphatic rings. The number of carboxylic acid groups (broad SMARTS) is 2. The van der Waals surface area contributed by atoms with Gasteiger partial charge in [-0.15, -0.1) is 12.6 Å². The van der Waals surface area contributed by atoms with Crippen LogP contribution < -0.4 is 0 Å². The molecule has 0 fully saturated rings. The molecule has 0 aliphatic carbocycles. The molecule has 14 heavy (non-hydrogen) atoms. The lowest BCUT2D eigenvalue weighted by Crippen LogP contribution is -2.03. The van der Waals surface area contributed by atoms with Crippen LogP contribution in [-0.2, 0) is 11.2 Å². The van der Waals surface area contributed by atoms with E-state index in [0.29, 0.717) is 10.5 Å². The highest BCUT2D eigenvalue weighted by molar-refractivity contribution is 7.80. The standard InChI is InChI=1S/C9H8O4S/c10-8(11)4-5-1-2-7(14)6(3-5)9(12)13/h1-3,14H,4H2,(H,10,11)(H,12,13). The first-order valence-electron chi connectivity index (χ1n) is 3.77. The summed E-state index contributed by atoms with van der Waals surface area (Å²) in [7, 11) is 0. The van der Waals surface area contributed by atoms with E-state index in [1.54, 1.807) is 6.07 Å². The molecule has 0 saturated carbocycles. The summed E-state index contributed by atoms with van der Waals surface area (Å²) in [5.74, 6) is -2.10. The van der Waals surface area contributed by atoms with Gasteiger partial charge in [0.05, 0.1) is 12.0 Å². The van der Waals surface area contributed by atoms with Gasteiger partial charge in [0.25, 0.3) is 0 Å². The Hall–Kier alpha value is -1.49. The van der Waals surface area contributed by atoms with Gasteiger partial charge in [-0.1, -0.05) is 6.07 Å². The summed E-state index contributed by atoms with van der Waals surface area (Å²) in [6.45, 7) is 0. The number of carbonyl (C=O) groups is 2. The smallest absolute Gasteiger partial charge is 0.336 e. The minimum Gasteiger partial charge on any atom is -0.481 e. The van der Waals surface area contributed by atoms with Crippen LogP contribution in [0.5, 0.6) is 0 Å². The molecule has 0 unspecified atom stereocenters. The second kappa shape index (κ2) is 4.15. The van der Waals surface area contributed by atoms with Gasteiger partial charge >= 0.3 is 11.9 Å². The molecule has 0 atom stereocenters. The molecule has 0 saturated heterocycles. The Morgan fingerprint density at radius 2 is 1.93 bits per heavy atom. The highest BCUT2D eigenvalue weighted by atomic mass is 32.1. The van der Waals surface area contributed by atoms with Gasteiger partial charge in [-0.05, 0) is 17.7 Å². The third kappa shape index (κ3) is 2.50. The van der Waals surface area contributed by atoms with Crippen molar-refractivity contribution in [1.82, 2.24) is 0 Å². The second-order valence-electron chi connectivity index (χ2n) is 2.73. The van der Waals surface area contributed by atoms with Crippen LogP contribution in [0.4, 0.5) is 0 Å². The van der Waals surface area contributed by atoms with E-state index in [2.05, 4.69) is 12.6 Å². The largest absolute Gasteiger partial charge is 0.481 e. The number of aromatic carboxylic acids is 1. The van der Waals surface area contributed by atoms with E-state index in [1.165, 1.54) is 12.1 Å². The molecule has 74 valence electrons. The molecule has 5 heteroatoms. The number of aliphatic carboxylic acids is 1. The first-order chi connectivity index (χ1) is 6.50. The van der Waals surface area contributed by atoms with Crippen molar-refractivity contribution < 1.29 is 19.8 Å². The van der Waals surface area contributed by atoms with Gasteiger partial charge in [-0.2, -0.15) is 0 Å². The molecular weight excluding hydrogens is 204 g/mol. The number of hydrogen-bond acceptors (Lipinski definition) is 3. The summed E-state index contributed by atoms with van der Waals surface area (Å²) in [5.41, 5.74) is 0.472. The fourth-order valence-electron chi connectivity index (χ4n) is 1.04. The SMILES string of the molecule is O=C(O)Cc1ccc(S)c(C(=O)O)c1. The molecular formula is C9H8O4S. The van der Waals surface area contributed by atoms with Gasteiger partial charge in [0.1, 0.15) is 0 Å². The Morgan fingerprint density at radius 1 is 1.29 bits per heavy atom. The first kappa shape index (κ1) is 10.6. The Balaban J connectivity index is 3.06. The molecule has 0 bridgehead atoms. The lowest BCUT2D eigenvalue weighted by molar-refractivity contribution is -0.136. The lowest BCUT2D eigenvalue weighted by atomic mass is 10.1. The number of hydrogen-bond donors (Lipinski definition) is 3. The normalized spacial score (nSPS) is 9.79. The van der Waals surface area contributed by atoms with E-state index in [1.807, 2.05) is 0 Å². The zero-order valence-corrected chi connectivity index (χ0v) is 7.99. The van der Waals surface area contributed by atoms with E-state index in [0.717, 1.165) is 0 Å².